The number of rotatable bonds is 3. The van der Waals surface area contributed by atoms with Gasteiger partial charge < -0.3 is 15.1 Å². The molecule has 2 heterocycles. The highest BCUT2D eigenvalue weighted by Gasteiger charge is 2.32. The molecule has 3 nitrogen and oxygen atoms in total. The Labute approximate surface area is 100 Å². The second-order valence-corrected chi connectivity index (χ2v) is 6.19. The summed E-state index contributed by atoms with van der Waals surface area (Å²) < 4.78 is 0. The van der Waals surface area contributed by atoms with Gasteiger partial charge >= 0.3 is 0 Å². The van der Waals surface area contributed by atoms with Crippen LogP contribution in [0.4, 0.5) is 0 Å². The van der Waals surface area contributed by atoms with Crippen molar-refractivity contribution in [2.75, 3.05) is 46.8 Å². The molecule has 1 unspecified atom stereocenters. The van der Waals surface area contributed by atoms with Crippen LogP contribution in [0.5, 0.6) is 0 Å². The minimum atomic E-state index is 0.512. The molecule has 2 fully saturated rings. The van der Waals surface area contributed by atoms with E-state index >= 15 is 0 Å². The van der Waals surface area contributed by atoms with Crippen LogP contribution in [0.3, 0.4) is 0 Å². The van der Waals surface area contributed by atoms with E-state index in [-0.39, 0.29) is 0 Å². The average Bonchev–Trinajstić information content (AvgIpc) is 2.65. The smallest absolute Gasteiger partial charge is 0.0117 e. The zero-order chi connectivity index (χ0) is 11.6. The molecule has 1 atom stereocenters. The van der Waals surface area contributed by atoms with Crippen molar-refractivity contribution in [1.82, 2.24) is 15.1 Å². The molecule has 2 aliphatic heterocycles. The molecule has 0 spiro atoms. The largest absolute Gasteiger partial charge is 0.316 e. The highest BCUT2D eigenvalue weighted by molar-refractivity contribution is 4.88. The summed E-state index contributed by atoms with van der Waals surface area (Å²) in [7, 11) is 4.55. The molecule has 0 aromatic heterocycles. The van der Waals surface area contributed by atoms with Crippen LogP contribution in [0.25, 0.3) is 0 Å². The lowest BCUT2D eigenvalue weighted by Gasteiger charge is -2.38. The van der Waals surface area contributed by atoms with E-state index in [4.69, 9.17) is 0 Å². The van der Waals surface area contributed by atoms with Crippen molar-refractivity contribution >= 4 is 0 Å². The SMILES string of the molecule is CN1CCC(N(C)CC2(C)CCNC2)CC1. The number of piperidine rings is 1. The number of nitrogens with zero attached hydrogens (tertiary/aromatic N) is 2. The first kappa shape index (κ1) is 12.3. The molecule has 0 aromatic carbocycles. The van der Waals surface area contributed by atoms with Gasteiger partial charge in [0.15, 0.2) is 0 Å². The van der Waals surface area contributed by atoms with Crippen LogP contribution in [-0.2, 0) is 0 Å². The summed E-state index contributed by atoms with van der Waals surface area (Å²) in [5.41, 5.74) is 0.512. The van der Waals surface area contributed by atoms with E-state index in [2.05, 4.69) is 36.1 Å². The van der Waals surface area contributed by atoms with Gasteiger partial charge in [-0.3, -0.25) is 0 Å². The molecule has 0 aromatic rings. The molecule has 0 amide bonds. The van der Waals surface area contributed by atoms with E-state index in [1.54, 1.807) is 0 Å². The van der Waals surface area contributed by atoms with Crippen LogP contribution in [0.2, 0.25) is 0 Å². The molecular formula is C13H27N3. The number of nitrogens with one attached hydrogen (secondary N) is 1. The first-order valence-corrected chi connectivity index (χ1v) is 6.69. The summed E-state index contributed by atoms with van der Waals surface area (Å²) in [4.78, 5) is 5.06. The minimum absolute atomic E-state index is 0.512. The van der Waals surface area contributed by atoms with Gasteiger partial charge in [-0.15, -0.1) is 0 Å². The molecule has 16 heavy (non-hydrogen) atoms. The fourth-order valence-electron chi connectivity index (χ4n) is 3.17. The maximum absolute atomic E-state index is 3.49. The third-order valence-corrected chi connectivity index (χ3v) is 4.40. The second kappa shape index (κ2) is 5.03. The highest BCUT2D eigenvalue weighted by Crippen LogP contribution is 2.27. The molecule has 1 N–H and O–H groups in total. The van der Waals surface area contributed by atoms with Gasteiger partial charge in [-0.2, -0.15) is 0 Å². The predicted octanol–water partition coefficient (Wildman–Crippen LogP) is 1.01. The van der Waals surface area contributed by atoms with Crippen molar-refractivity contribution in [3.8, 4) is 0 Å². The molecule has 3 heteroatoms. The fourth-order valence-corrected chi connectivity index (χ4v) is 3.17. The van der Waals surface area contributed by atoms with Gasteiger partial charge in [0.05, 0.1) is 0 Å². The highest BCUT2D eigenvalue weighted by atomic mass is 15.2. The maximum atomic E-state index is 3.49. The van der Waals surface area contributed by atoms with Crippen molar-refractivity contribution in [2.24, 2.45) is 5.41 Å². The molecule has 2 saturated heterocycles. The monoisotopic (exact) mass is 225 g/mol. The Balaban J connectivity index is 1.81. The zero-order valence-corrected chi connectivity index (χ0v) is 11.1. The standard InChI is InChI=1S/C13H27N3/c1-13(6-7-14-10-13)11-16(3)12-4-8-15(2)9-5-12/h12,14H,4-11H2,1-3H3. The summed E-state index contributed by atoms with van der Waals surface area (Å²) in [5.74, 6) is 0. The molecule has 0 bridgehead atoms. The summed E-state index contributed by atoms with van der Waals surface area (Å²) in [6, 6.07) is 0.814. The van der Waals surface area contributed by atoms with Crippen molar-refractivity contribution in [1.29, 1.82) is 0 Å². The Kier molecular flexibility index (Phi) is 3.88. The van der Waals surface area contributed by atoms with Crippen molar-refractivity contribution < 1.29 is 0 Å². The third-order valence-electron chi connectivity index (χ3n) is 4.40. The van der Waals surface area contributed by atoms with Crippen LogP contribution in [0.15, 0.2) is 0 Å². The van der Waals surface area contributed by atoms with E-state index < -0.39 is 0 Å². The fraction of sp³-hybridized carbons (Fsp3) is 1.00. The lowest BCUT2D eigenvalue weighted by Crippen LogP contribution is -2.46. The van der Waals surface area contributed by atoms with E-state index in [0.29, 0.717) is 5.41 Å². The van der Waals surface area contributed by atoms with Crippen LogP contribution >= 0.6 is 0 Å². The summed E-state index contributed by atoms with van der Waals surface area (Å²) in [6.45, 7) is 8.63. The van der Waals surface area contributed by atoms with Crippen molar-refractivity contribution in [3.05, 3.63) is 0 Å². The normalized spacial score (nSPS) is 33.8. The summed E-state index contributed by atoms with van der Waals surface area (Å²) >= 11 is 0. The predicted molar refractivity (Wildman–Crippen MR) is 68.7 cm³/mol. The molecule has 94 valence electrons. The van der Waals surface area contributed by atoms with E-state index in [1.165, 1.54) is 52.0 Å². The Hall–Kier alpha value is -0.120. The van der Waals surface area contributed by atoms with Gasteiger partial charge in [0.25, 0.3) is 0 Å². The van der Waals surface area contributed by atoms with Crippen LogP contribution in [0, 0.1) is 5.41 Å². The topological polar surface area (TPSA) is 18.5 Å². The third kappa shape index (κ3) is 2.96. The van der Waals surface area contributed by atoms with Crippen molar-refractivity contribution in [3.63, 3.8) is 0 Å². The molecule has 2 aliphatic rings. The number of likely N-dealkylation sites (tertiary alicyclic amines) is 1. The average molecular weight is 225 g/mol. The molecular weight excluding hydrogens is 198 g/mol. The van der Waals surface area contributed by atoms with Crippen LogP contribution in [0.1, 0.15) is 26.2 Å². The molecule has 2 rings (SSSR count). The maximum Gasteiger partial charge on any atom is 0.0117 e. The zero-order valence-electron chi connectivity index (χ0n) is 11.1. The van der Waals surface area contributed by atoms with E-state index in [9.17, 15) is 0 Å². The van der Waals surface area contributed by atoms with Gasteiger partial charge in [-0.05, 0) is 58.4 Å². The Morgan fingerprint density at radius 2 is 2.06 bits per heavy atom. The minimum Gasteiger partial charge on any atom is -0.316 e. The quantitative estimate of drug-likeness (QED) is 0.773. The number of hydrogen-bond donors (Lipinski definition) is 1. The second-order valence-electron chi connectivity index (χ2n) is 6.19. The van der Waals surface area contributed by atoms with Gasteiger partial charge in [-0.25, -0.2) is 0 Å². The number of hydrogen-bond acceptors (Lipinski definition) is 3. The first-order chi connectivity index (χ1) is 7.59. The first-order valence-electron chi connectivity index (χ1n) is 6.69. The lowest BCUT2D eigenvalue weighted by molar-refractivity contribution is 0.107. The summed E-state index contributed by atoms with van der Waals surface area (Å²) in [6.07, 6.45) is 4.02. The van der Waals surface area contributed by atoms with Crippen LogP contribution in [-0.4, -0.2) is 62.7 Å². The molecule has 0 aliphatic carbocycles. The van der Waals surface area contributed by atoms with Gasteiger partial charge in [0, 0.05) is 19.1 Å². The Morgan fingerprint density at radius 3 is 2.62 bits per heavy atom. The Morgan fingerprint density at radius 1 is 1.38 bits per heavy atom. The Bertz CT molecular complexity index is 215. The molecule has 0 radical (unpaired) electrons. The summed E-state index contributed by atoms with van der Waals surface area (Å²) in [5, 5.41) is 3.49. The van der Waals surface area contributed by atoms with E-state index in [1.807, 2.05) is 0 Å². The van der Waals surface area contributed by atoms with Gasteiger partial charge in [0.2, 0.25) is 0 Å². The molecule has 0 saturated carbocycles. The lowest BCUT2D eigenvalue weighted by atomic mass is 9.88. The van der Waals surface area contributed by atoms with Gasteiger partial charge in [-0.1, -0.05) is 6.92 Å². The van der Waals surface area contributed by atoms with Crippen molar-refractivity contribution in [2.45, 2.75) is 32.2 Å². The van der Waals surface area contributed by atoms with Gasteiger partial charge in [0.1, 0.15) is 0 Å². The van der Waals surface area contributed by atoms with E-state index in [0.717, 1.165) is 6.04 Å². The van der Waals surface area contributed by atoms with Crippen LogP contribution < -0.4 is 5.32 Å².